The Kier molecular flexibility index (Phi) is 2.18. The molecule has 1 aromatic heterocycles. The molecule has 0 aliphatic heterocycles. The number of para-hydroxylation sites is 1. The first-order chi connectivity index (χ1) is 9.36. The van der Waals surface area contributed by atoms with Crippen molar-refractivity contribution in [2.45, 2.75) is 13.3 Å². The van der Waals surface area contributed by atoms with Gasteiger partial charge in [-0.1, -0.05) is 24.3 Å². The Bertz CT molecular complexity index is 768. The van der Waals surface area contributed by atoms with Crippen LogP contribution in [0.1, 0.15) is 18.1 Å². The average molecular weight is 248 g/mol. The number of aromatic amines is 1. The molecule has 3 aromatic rings. The first kappa shape index (κ1) is 10.7. The number of nitrogens with one attached hydrogen (secondary N) is 2. The Hall–Kier alpha value is -2.22. The van der Waals surface area contributed by atoms with Crippen LogP contribution < -0.4 is 5.32 Å². The van der Waals surface area contributed by atoms with Gasteiger partial charge in [0.2, 0.25) is 0 Å². The van der Waals surface area contributed by atoms with E-state index in [4.69, 9.17) is 0 Å². The molecule has 0 radical (unpaired) electrons. The third kappa shape index (κ3) is 1.49. The van der Waals surface area contributed by atoms with E-state index in [0.717, 1.165) is 13.0 Å². The van der Waals surface area contributed by atoms with Crippen molar-refractivity contribution in [2.75, 3.05) is 11.9 Å². The van der Waals surface area contributed by atoms with Crippen LogP contribution in [0.3, 0.4) is 0 Å². The van der Waals surface area contributed by atoms with Crippen LogP contribution in [-0.4, -0.2) is 11.5 Å². The number of hydrogen-bond donors (Lipinski definition) is 2. The molecule has 1 aliphatic rings. The molecular weight excluding hydrogens is 232 g/mol. The standard InChI is InChI=1S/C17H16N2/c1-2-18-12-7-8-13-11(9-12)10-15-14-5-3-4-6-16(14)19-17(13)15/h3-9,18-19H,2,10H2,1H3. The number of anilines is 1. The van der Waals surface area contributed by atoms with Crippen molar-refractivity contribution in [1.29, 1.82) is 0 Å². The first-order valence-electron chi connectivity index (χ1n) is 6.83. The maximum absolute atomic E-state index is 3.56. The Morgan fingerprint density at radius 1 is 1.16 bits per heavy atom. The second-order valence-electron chi connectivity index (χ2n) is 5.10. The van der Waals surface area contributed by atoms with Gasteiger partial charge in [0.1, 0.15) is 0 Å². The smallest absolute Gasteiger partial charge is 0.0503 e. The van der Waals surface area contributed by atoms with Gasteiger partial charge < -0.3 is 10.3 Å². The summed E-state index contributed by atoms with van der Waals surface area (Å²) in [5.41, 5.74) is 7.99. The SMILES string of the molecule is CCNc1ccc2c(c1)Cc1c-2[nH]c2ccccc12. The van der Waals surface area contributed by atoms with Crippen molar-refractivity contribution in [1.82, 2.24) is 4.98 Å². The average Bonchev–Trinajstić information content (AvgIpc) is 2.94. The lowest BCUT2D eigenvalue weighted by Gasteiger charge is -2.06. The van der Waals surface area contributed by atoms with Crippen LogP contribution in [0.5, 0.6) is 0 Å². The summed E-state index contributed by atoms with van der Waals surface area (Å²) in [6, 6.07) is 15.2. The van der Waals surface area contributed by atoms with Gasteiger partial charge in [-0.3, -0.25) is 0 Å². The molecule has 0 bridgehead atoms. The Balaban J connectivity index is 1.89. The molecular formula is C17H16N2. The molecule has 0 spiro atoms. The molecule has 2 N–H and O–H groups in total. The number of aromatic nitrogens is 1. The van der Waals surface area contributed by atoms with Crippen molar-refractivity contribution in [3.63, 3.8) is 0 Å². The lowest BCUT2D eigenvalue weighted by atomic mass is 10.1. The van der Waals surface area contributed by atoms with E-state index in [1.807, 2.05) is 0 Å². The van der Waals surface area contributed by atoms with E-state index in [1.165, 1.54) is 39.0 Å². The Morgan fingerprint density at radius 3 is 2.95 bits per heavy atom. The lowest BCUT2D eigenvalue weighted by molar-refractivity contribution is 1.20. The predicted molar refractivity (Wildman–Crippen MR) is 80.7 cm³/mol. The maximum Gasteiger partial charge on any atom is 0.0503 e. The van der Waals surface area contributed by atoms with Gasteiger partial charge in [-0.05, 0) is 36.2 Å². The van der Waals surface area contributed by atoms with Crippen LogP contribution in [0.15, 0.2) is 42.5 Å². The van der Waals surface area contributed by atoms with Crippen molar-refractivity contribution in [3.8, 4) is 11.3 Å². The lowest BCUT2D eigenvalue weighted by Crippen LogP contribution is -1.96. The summed E-state index contributed by atoms with van der Waals surface area (Å²) < 4.78 is 0. The number of hydrogen-bond acceptors (Lipinski definition) is 1. The van der Waals surface area contributed by atoms with Gasteiger partial charge in [-0.2, -0.15) is 0 Å². The summed E-state index contributed by atoms with van der Waals surface area (Å²) in [4.78, 5) is 3.56. The molecule has 1 heterocycles. The van der Waals surface area contributed by atoms with E-state index < -0.39 is 0 Å². The minimum Gasteiger partial charge on any atom is -0.385 e. The molecule has 0 saturated heterocycles. The normalized spacial score (nSPS) is 12.5. The molecule has 0 atom stereocenters. The largest absolute Gasteiger partial charge is 0.385 e. The summed E-state index contributed by atoms with van der Waals surface area (Å²) in [7, 11) is 0. The summed E-state index contributed by atoms with van der Waals surface area (Å²) >= 11 is 0. The molecule has 19 heavy (non-hydrogen) atoms. The fourth-order valence-corrected chi connectivity index (χ4v) is 3.10. The summed E-state index contributed by atoms with van der Waals surface area (Å²) in [5, 5.41) is 4.74. The zero-order chi connectivity index (χ0) is 12.8. The van der Waals surface area contributed by atoms with Gasteiger partial charge in [0, 0.05) is 35.1 Å². The van der Waals surface area contributed by atoms with Crippen molar-refractivity contribution < 1.29 is 0 Å². The third-order valence-corrected chi connectivity index (χ3v) is 3.94. The molecule has 2 nitrogen and oxygen atoms in total. The van der Waals surface area contributed by atoms with Gasteiger partial charge in [-0.15, -0.1) is 0 Å². The topological polar surface area (TPSA) is 27.8 Å². The summed E-state index contributed by atoms with van der Waals surface area (Å²) in [6.07, 6.45) is 1.04. The van der Waals surface area contributed by atoms with Crippen LogP contribution >= 0.6 is 0 Å². The highest BCUT2D eigenvalue weighted by atomic mass is 14.8. The van der Waals surface area contributed by atoms with Crippen molar-refractivity contribution in [3.05, 3.63) is 53.6 Å². The van der Waals surface area contributed by atoms with E-state index >= 15 is 0 Å². The number of benzene rings is 2. The molecule has 4 rings (SSSR count). The third-order valence-electron chi connectivity index (χ3n) is 3.94. The number of rotatable bonds is 2. The van der Waals surface area contributed by atoms with Crippen LogP contribution in [-0.2, 0) is 6.42 Å². The van der Waals surface area contributed by atoms with Crippen molar-refractivity contribution in [2.24, 2.45) is 0 Å². The van der Waals surface area contributed by atoms with E-state index in [1.54, 1.807) is 0 Å². The monoisotopic (exact) mass is 248 g/mol. The van der Waals surface area contributed by atoms with Crippen LogP contribution in [0.25, 0.3) is 22.2 Å². The fraction of sp³-hybridized carbons (Fsp3) is 0.176. The van der Waals surface area contributed by atoms with Gasteiger partial charge in [0.15, 0.2) is 0 Å². The van der Waals surface area contributed by atoms with Gasteiger partial charge in [0.25, 0.3) is 0 Å². The Morgan fingerprint density at radius 2 is 2.05 bits per heavy atom. The zero-order valence-electron chi connectivity index (χ0n) is 11.0. The number of fused-ring (bicyclic) bond motifs is 5. The summed E-state index contributed by atoms with van der Waals surface area (Å²) in [5.74, 6) is 0. The second kappa shape index (κ2) is 3.89. The van der Waals surface area contributed by atoms with Gasteiger partial charge in [-0.25, -0.2) is 0 Å². The van der Waals surface area contributed by atoms with E-state index in [0.29, 0.717) is 0 Å². The van der Waals surface area contributed by atoms with Crippen LogP contribution in [0.2, 0.25) is 0 Å². The highest BCUT2D eigenvalue weighted by Crippen LogP contribution is 2.41. The van der Waals surface area contributed by atoms with Gasteiger partial charge >= 0.3 is 0 Å². The molecule has 94 valence electrons. The molecule has 2 heteroatoms. The maximum atomic E-state index is 3.56. The molecule has 0 unspecified atom stereocenters. The van der Waals surface area contributed by atoms with Crippen LogP contribution in [0, 0.1) is 0 Å². The van der Waals surface area contributed by atoms with Crippen LogP contribution in [0.4, 0.5) is 5.69 Å². The van der Waals surface area contributed by atoms with E-state index in [2.05, 4.69) is 59.7 Å². The fourth-order valence-electron chi connectivity index (χ4n) is 3.10. The molecule has 2 aromatic carbocycles. The molecule has 0 saturated carbocycles. The molecule has 1 aliphatic carbocycles. The molecule has 0 fully saturated rings. The quantitative estimate of drug-likeness (QED) is 0.547. The van der Waals surface area contributed by atoms with Crippen molar-refractivity contribution >= 4 is 16.6 Å². The second-order valence-corrected chi connectivity index (χ2v) is 5.10. The highest BCUT2D eigenvalue weighted by molar-refractivity contribution is 5.94. The minimum absolute atomic E-state index is 0.965. The number of H-pyrrole nitrogens is 1. The van der Waals surface area contributed by atoms with Gasteiger partial charge in [0.05, 0.1) is 5.69 Å². The zero-order valence-corrected chi connectivity index (χ0v) is 11.0. The van der Waals surface area contributed by atoms with E-state index in [-0.39, 0.29) is 0 Å². The Labute approximate surface area is 112 Å². The highest BCUT2D eigenvalue weighted by Gasteiger charge is 2.22. The van der Waals surface area contributed by atoms with E-state index in [9.17, 15) is 0 Å². The molecule has 0 amide bonds. The first-order valence-corrected chi connectivity index (χ1v) is 6.83. The predicted octanol–water partition coefficient (Wildman–Crippen LogP) is 4.17. The summed E-state index contributed by atoms with van der Waals surface area (Å²) in [6.45, 7) is 3.09. The minimum atomic E-state index is 0.965.